The number of nitrogens with two attached hydrogens (primary N) is 1. The number of aromatic nitrogens is 1. The minimum absolute atomic E-state index is 0.00524. The zero-order valence-electron chi connectivity index (χ0n) is 17.4. The number of thioether (sulfide) groups is 1. The maximum Gasteiger partial charge on any atom is 0.274 e. The summed E-state index contributed by atoms with van der Waals surface area (Å²) >= 11 is 1.45. The molecule has 2 aliphatic rings. The van der Waals surface area contributed by atoms with Gasteiger partial charge in [-0.25, -0.2) is 14.4 Å². The van der Waals surface area contributed by atoms with Crippen LogP contribution in [0, 0.1) is 23.1 Å². The minimum Gasteiger partial charge on any atom is -0.382 e. The van der Waals surface area contributed by atoms with E-state index in [0.717, 1.165) is 0 Å². The number of carbonyl (C=O) groups is 1. The molecule has 3 atom stereocenters. The number of amidine groups is 1. The summed E-state index contributed by atoms with van der Waals surface area (Å²) in [5, 5.41) is 12.0. The fourth-order valence-electron chi connectivity index (χ4n) is 4.07. The number of pyridine rings is 1. The molecule has 0 aliphatic carbocycles. The van der Waals surface area contributed by atoms with Crippen LogP contribution in [0.15, 0.2) is 41.5 Å². The molecule has 0 saturated carbocycles. The highest BCUT2D eigenvalue weighted by atomic mass is 32.2. The van der Waals surface area contributed by atoms with Crippen molar-refractivity contribution >= 4 is 28.5 Å². The second-order valence-corrected chi connectivity index (χ2v) is 8.74. The van der Waals surface area contributed by atoms with E-state index in [2.05, 4.69) is 15.3 Å². The zero-order chi connectivity index (χ0) is 22.7. The number of methoxy groups -OCH3 is 1. The fourth-order valence-corrected chi connectivity index (χ4v) is 5.08. The van der Waals surface area contributed by atoms with Crippen LogP contribution < -0.4 is 11.1 Å². The summed E-state index contributed by atoms with van der Waals surface area (Å²) in [5.74, 6) is -0.233. The van der Waals surface area contributed by atoms with E-state index in [1.54, 1.807) is 13.2 Å². The van der Waals surface area contributed by atoms with E-state index in [1.807, 2.05) is 6.07 Å². The molecule has 4 rings (SSSR count). The van der Waals surface area contributed by atoms with Gasteiger partial charge >= 0.3 is 0 Å². The number of nitriles is 1. The van der Waals surface area contributed by atoms with Gasteiger partial charge in [-0.2, -0.15) is 5.26 Å². The summed E-state index contributed by atoms with van der Waals surface area (Å²) in [7, 11) is 1.62. The molecule has 1 saturated heterocycles. The van der Waals surface area contributed by atoms with Crippen molar-refractivity contribution in [1.82, 2.24) is 4.98 Å². The van der Waals surface area contributed by atoms with Crippen LogP contribution in [0.3, 0.4) is 0 Å². The summed E-state index contributed by atoms with van der Waals surface area (Å²) < 4.78 is 26.3. The van der Waals surface area contributed by atoms with Gasteiger partial charge in [0.1, 0.15) is 23.1 Å². The Morgan fingerprint density at radius 2 is 2.31 bits per heavy atom. The third-order valence-corrected chi connectivity index (χ3v) is 6.63. The number of hydrogen-bond donors (Lipinski definition) is 2. The van der Waals surface area contributed by atoms with Gasteiger partial charge in [0, 0.05) is 36.2 Å². The van der Waals surface area contributed by atoms with E-state index >= 15 is 4.39 Å². The molecular formula is C22H22FN5O3S. The average Bonchev–Trinajstić information content (AvgIpc) is 2.80. The van der Waals surface area contributed by atoms with Crippen LogP contribution >= 0.6 is 11.8 Å². The lowest BCUT2D eigenvalue weighted by atomic mass is 9.75. The van der Waals surface area contributed by atoms with Gasteiger partial charge < -0.3 is 20.5 Å². The van der Waals surface area contributed by atoms with Gasteiger partial charge in [0.15, 0.2) is 5.17 Å². The number of ether oxygens (including phenoxy) is 2. The third kappa shape index (κ3) is 4.32. The molecule has 3 N–H and O–H groups in total. The van der Waals surface area contributed by atoms with Gasteiger partial charge in [-0.3, -0.25) is 4.79 Å². The van der Waals surface area contributed by atoms with Crippen LogP contribution in [0.1, 0.15) is 28.0 Å². The Hall–Kier alpha value is -3.00. The first-order valence-electron chi connectivity index (χ1n) is 10.0. The Bertz CT molecular complexity index is 1090. The number of fused-ring (bicyclic) bond motifs is 1. The molecule has 8 nitrogen and oxygen atoms in total. The number of aliphatic imine (C=N–C) groups is 1. The smallest absolute Gasteiger partial charge is 0.274 e. The molecule has 10 heteroatoms. The molecule has 0 radical (unpaired) electrons. The highest BCUT2D eigenvalue weighted by Gasteiger charge is 2.49. The number of amides is 1. The monoisotopic (exact) mass is 455 g/mol. The first kappa shape index (κ1) is 22.2. The van der Waals surface area contributed by atoms with Gasteiger partial charge in [-0.15, -0.1) is 0 Å². The number of halogens is 1. The molecule has 0 spiro atoms. The molecule has 2 aromatic rings. The standard InChI is InChI=1S/C22H22FN5O3S/c1-30-10-16-6-14-11-32-21(25)28-22(14,12-31-16)17-7-15(3-4-18(17)23)27-20(29)19-5-2-13(8-24)9-26-19/h2-5,7,9,14,16H,6,10-12H2,1H3,(H2,25,28)(H,27,29)/t14-,16+,22-/m0/s1. The number of benzene rings is 1. The molecule has 0 unspecified atom stereocenters. The molecule has 1 aromatic heterocycles. The number of hydrogen-bond acceptors (Lipinski definition) is 8. The highest BCUT2D eigenvalue weighted by molar-refractivity contribution is 8.13. The molecule has 2 aliphatic heterocycles. The van der Waals surface area contributed by atoms with Crippen molar-refractivity contribution in [2.75, 3.05) is 31.4 Å². The molecule has 1 amide bonds. The fraction of sp³-hybridized carbons (Fsp3) is 0.364. The van der Waals surface area contributed by atoms with E-state index in [1.165, 1.54) is 42.2 Å². The lowest BCUT2D eigenvalue weighted by molar-refractivity contribution is -0.0836. The van der Waals surface area contributed by atoms with Crippen molar-refractivity contribution in [3.8, 4) is 6.07 Å². The van der Waals surface area contributed by atoms with E-state index in [-0.39, 0.29) is 24.3 Å². The lowest BCUT2D eigenvalue weighted by Crippen LogP contribution is -2.51. The van der Waals surface area contributed by atoms with Crippen LogP contribution in [0.5, 0.6) is 0 Å². The number of anilines is 1. The van der Waals surface area contributed by atoms with Gasteiger partial charge in [-0.05, 0) is 36.8 Å². The van der Waals surface area contributed by atoms with Gasteiger partial charge in [0.05, 0.1) is 24.9 Å². The van der Waals surface area contributed by atoms with Crippen LogP contribution in [-0.4, -0.2) is 48.2 Å². The summed E-state index contributed by atoms with van der Waals surface area (Å²) in [4.78, 5) is 21.2. The first-order valence-corrected chi connectivity index (χ1v) is 11.0. The zero-order valence-corrected chi connectivity index (χ0v) is 18.2. The highest BCUT2D eigenvalue weighted by Crippen LogP contribution is 2.47. The largest absolute Gasteiger partial charge is 0.382 e. The number of nitrogens with zero attached hydrogens (tertiary/aromatic N) is 3. The lowest BCUT2D eigenvalue weighted by Gasteiger charge is -2.46. The van der Waals surface area contributed by atoms with Gasteiger partial charge in [-0.1, -0.05) is 11.8 Å². The molecule has 166 valence electrons. The Balaban J connectivity index is 1.64. The quantitative estimate of drug-likeness (QED) is 0.711. The summed E-state index contributed by atoms with van der Waals surface area (Å²) in [6.45, 7) is 0.616. The molecule has 0 bridgehead atoms. The van der Waals surface area contributed by atoms with Crippen LogP contribution in [0.4, 0.5) is 10.1 Å². The molecule has 1 aromatic carbocycles. The van der Waals surface area contributed by atoms with Crippen molar-refractivity contribution < 1.29 is 18.7 Å². The van der Waals surface area contributed by atoms with E-state index in [9.17, 15) is 4.79 Å². The molecule has 3 heterocycles. The molecular weight excluding hydrogens is 433 g/mol. The van der Waals surface area contributed by atoms with E-state index < -0.39 is 17.3 Å². The van der Waals surface area contributed by atoms with Crippen LogP contribution in [0.25, 0.3) is 0 Å². The molecule has 32 heavy (non-hydrogen) atoms. The number of nitrogens with one attached hydrogen (secondary N) is 1. The van der Waals surface area contributed by atoms with Crippen molar-refractivity contribution in [3.63, 3.8) is 0 Å². The first-order chi connectivity index (χ1) is 15.4. The molecule has 1 fully saturated rings. The Labute approximate surface area is 189 Å². The summed E-state index contributed by atoms with van der Waals surface area (Å²) in [6, 6.07) is 9.28. The SMILES string of the molecule is COC[C@H]1C[C@H]2CSC(N)=N[C@@]2(c2cc(NC(=O)c3ccc(C#N)cn3)ccc2F)CO1. The van der Waals surface area contributed by atoms with Crippen molar-refractivity contribution in [2.45, 2.75) is 18.1 Å². The van der Waals surface area contributed by atoms with Crippen LogP contribution in [0.2, 0.25) is 0 Å². The normalized spacial score (nSPS) is 24.7. The Morgan fingerprint density at radius 1 is 1.47 bits per heavy atom. The van der Waals surface area contributed by atoms with Gasteiger partial charge in [0.2, 0.25) is 0 Å². The predicted octanol–water partition coefficient (Wildman–Crippen LogP) is 2.65. The third-order valence-electron chi connectivity index (χ3n) is 5.67. The van der Waals surface area contributed by atoms with E-state index in [4.69, 9.17) is 20.5 Å². The second-order valence-electron chi connectivity index (χ2n) is 7.70. The average molecular weight is 456 g/mol. The van der Waals surface area contributed by atoms with Crippen LogP contribution in [-0.2, 0) is 15.0 Å². The summed E-state index contributed by atoms with van der Waals surface area (Å²) in [5.41, 5.74) is 6.28. The minimum atomic E-state index is -0.975. The maximum atomic E-state index is 15.1. The Morgan fingerprint density at radius 3 is 3.03 bits per heavy atom. The topological polar surface area (TPSA) is 123 Å². The van der Waals surface area contributed by atoms with Crippen molar-refractivity contribution in [3.05, 3.63) is 59.2 Å². The number of carbonyl (C=O) groups excluding carboxylic acids is 1. The summed E-state index contributed by atoms with van der Waals surface area (Å²) in [6.07, 6.45) is 1.88. The van der Waals surface area contributed by atoms with E-state index in [0.29, 0.717) is 40.8 Å². The Kier molecular flexibility index (Phi) is 6.41. The second kappa shape index (κ2) is 9.24. The van der Waals surface area contributed by atoms with Gasteiger partial charge in [0.25, 0.3) is 5.91 Å². The maximum absolute atomic E-state index is 15.1. The number of rotatable bonds is 5. The van der Waals surface area contributed by atoms with Crippen molar-refractivity contribution in [2.24, 2.45) is 16.6 Å². The predicted molar refractivity (Wildman–Crippen MR) is 119 cm³/mol. The van der Waals surface area contributed by atoms with Crippen molar-refractivity contribution in [1.29, 1.82) is 5.26 Å².